The lowest BCUT2D eigenvalue weighted by Gasteiger charge is -2.26. The molecule has 6 nitrogen and oxygen atoms in total. The van der Waals surface area contributed by atoms with Gasteiger partial charge in [-0.15, -0.1) is 0 Å². The predicted molar refractivity (Wildman–Crippen MR) is 70.6 cm³/mol. The number of phenols is 1. The maximum Gasteiger partial charge on any atom is 0.200 e. The predicted octanol–water partition coefficient (Wildman–Crippen LogP) is 0.242. The number of nitrogens with one attached hydrogen (secondary N) is 1. The third-order valence-electron chi connectivity index (χ3n) is 2.96. The van der Waals surface area contributed by atoms with Gasteiger partial charge in [0, 0.05) is 6.54 Å². The Morgan fingerprint density at radius 2 is 1.58 bits per heavy atom. The van der Waals surface area contributed by atoms with Gasteiger partial charge in [-0.05, 0) is 24.6 Å². The summed E-state index contributed by atoms with van der Waals surface area (Å²) in [6, 6.07) is 3.33. The van der Waals surface area contributed by atoms with Gasteiger partial charge in [-0.3, -0.25) is 0 Å². The van der Waals surface area contributed by atoms with Crippen LogP contribution in [0.1, 0.15) is 12.5 Å². The second-order valence-corrected chi connectivity index (χ2v) is 4.58. The molecular weight excluding hydrogens is 250 g/mol. The van der Waals surface area contributed by atoms with E-state index < -0.39 is 5.54 Å². The first-order valence-corrected chi connectivity index (χ1v) is 5.90. The minimum absolute atomic E-state index is 0.0548. The third kappa shape index (κ3) is 3.73. The Morgan fingerprint density at radius 1 is 1.11 bits per heavy atom. The molecule has 1 aromatic carbocycles. The highest BCUT2D eigenvalue weighted by molar-refractivity contribution is 5.52. The van der Waals surface area contributed by atoms with Gasteiger partial charge in [-0.1, -0.05) is 0 Å². The average Bonchev–Trinajstić information content (AvgIpc) is 2.45. The van der Waals surface area contributed by atoms with Crippen molar-refractivity contribution in [1.82, 2.24) is 5.32 Å². The van der Waals surface area contributed by atoms with Crippen LogP contribution in [0.2, 0.25) is 0 Å². The Bertz CT molecular complexity index is 392. The van der Waals surface area contributed by atoms with Crippen LogP contribution in [0.5, 0.6) is 17.2 Å². The largest absolute Gasteiger partial charge is 0.502 e. The highest BCUT2D eigenvalue weighted by atomic mass is 16.5. The molecule has 108 valence electrons. The number of phenolic OH excluding ortho intramolecular Hbond substituents is 1. The lowest BCUT2D eigenvalue weighted by Crippen LogP contribution is -2.48. The molecule has 0 spiro atoms. The summed E-state index contributed by atoms with van der Waals surface area (Å²) in [5, 5.41) is 31.2. The van der Waals surface area contributed by atoms with Gasteiger partial charge in [0.15, 0.2) is 11.5 Å². The van der Waals surface area contributed by atoms with Crippen LogP contribution in [-0.4, -0.2) is 48.3 Å². The van der Waals surface area contributed by atoms with E-state index in [0.717, 1.165) is 5.56 Å². The fourth-order valence-corrected chi connectivity index (χ4v) is 1.53. The first-order chi connectivity index (χ1) is 8.99. The fraction of sp³-hybridized carbons (Fsp3) is 0.538. The molecule has 0 aliphatic carbocycles. The van der Waals surface area contributed by atoms with Gasteiger partial charge in [0.05, 0.1) is 33.0 Å². The van der Waals surface area contributed by atoms with Crippen LogP contribution in [-0.2, 0) is 6.54 Å². The minimum atomic E-state index is -0.766. The number of ether oxygens (including phenoxy) is 2. The van der Waals surface area contributed by atoms with Crippen molar-refractivity contribution >= 4 is 0 Å². The van der Waals surface area contributed by atoms with Crippen molar-refractivity contribution in [3.63, 3.8) is 0 Å². The van der Waals surface area contributed by atoms with Crippen LogP contribution in [0.15, 0.2) is 12.1 Å². The Kier molecular flexibility index (Phi) is 5.41. The molecular formula is C13H21NO5. The zero-order chi connectivity index (χ0) is 14.5. The summed E-state index contributed by atoms with van der Waals surface area (Å²) in [6.45, 7) is 1.73. The molecule has 0 fully saturated rings. The van der Waals surface area contributed by atoms with Gasteiger partial charge in [0.25, 0.3) is 0 Å². The van der Waals surface area contributed by atoms with E-state index in [2.05, 4.69) is 5.32 Å². The highest BCUT2D eigenvalue weighted by Gasteiger charge is 2.21. The number of hydrogen-bond acceptors (Lipinski definition) is 6. The Hall–Kier alpha value is -1.50. The number of aliphatic hydroxyl groups is 2. The van der Waals surface area contributed by atoms with Gasteiger partial charge in [-0.25, -0.2) is 0 Å². The number of aliphatic hydroxyl groups excluding tert-OH is 2. The van der Waals surface area contributed by atoms with E-state index in [1.165, 1.54) is 14.2 Å². The van der Waals surface area contributed by atoms with Gasteiger partial charge in [0.1, 0.15) is 0 Å². The molecule has 6 heteroatoms. The summed E-state index contributed by atoms with van der Waals surface area (Å²) >= 11 is 0. The van der Waals surface area contributed by atoms with Crippen molar-refractivity contribution in [3.8, 4) is 17.2 Å². The number of rotatable bonds is 7. The number of methoxy groups -OCH3 is 2. The van der Waals surface area contributed by atoms with Crippen molar-refractivity contribution < 1.29 is 24.8 Å². The van der Waals surface area contributed by atoms with Crippen molar-refractivity contribution in [1.29, 1.82) is 0 Å². The Balaban J connectivity index is 2.90. The lowest BCUT2D eigenvalue weighted by atomic mass is 10.0. The topological polar surface area (TPSA) is 91.2 Å². The van der Waals surface area contributed by atoms with Gasteiger partial charge in [0.2, 0.25) is 5.75 Å². The summed E-state index contributed by atoms with van der Waals surface area (Å²) in [5.74, 6) is 0.567. The molecule has 4 N–H and O–H groups in total. The summed E-state index contributed by atoms with van der Waals surface area (Å²) in [6.07, 6.45) is 0. The van der Waals surface area contributed by atoms with E-state index in [1.54, 1.807) is 19.1 Å². The smallest absolute Gasteiger partial charge is 0.200 e. The molecule has 0 aromatic heterocycles. The summed E-state index contributed by atoms with van der Waals surface area (Å²) in [5.41, 5.74) is 0.0397. The number of aromatic hydroxyl groups is 1. The molecule has 0 radical (unpaired) electrons. The van der Waals surface area contributed by atoms with Crippen molar-refractivity contribution in [3.05, 3.63) is 17.7 Å². The molecule has 0 heterocycles. The van der Waals surface area contributed by atoms with Crippen molar-refractivity contribution in [2.24, 2.45) is 0 Å². The van der Waals surface area contributed by atoms with E-state index in [9.17, 15) is 15.3 Å². The summed E-state index contributed by atoms with van der Waals surface area (Å²) in [7, 11) is 2.91. The van der Waals surface area contributed by atoms with Crippen LogP contribution >= 0.6 is 0 Å². The molecule has 0 aliphatic rings. The Labute approximate surface area is 112 Å². The average molecular weight is 271 g/mol. The van der Waals surface area contributed by atoms with Crippen LogP contribution in [0, 0.1) is 0 Å². The highest BCUT2D eigenvalue weighted by Crippen LogP contribution is 2.37. The van der Waals surface area contributed by atoms with Crippen LogP contribution in [0.4, 0.5) is 0 Å². The Morgan fingerprint density at radius 3 is 1.95 bits per heavy atom. The molecule has 0 unspecified atom stereocenters. The first-order valence-electron chi connectivity index (χ1n) is 5.90. The monoisotopic (exact) mass is 271 g/mol. The van der Waals surface area contributed by atoms with E-state index in [-0.39, 0.29) is 19.0 Å². The number of hydrogen-bond donors (Lipinski definition) is 4. The summed E-state index contributed by atoms with van der Waals surface area (Å²) in [4.78, 5) is 0. The maximum absolute atomic E-state index is 9.78. The molecule has 0 saturated carbocycles. The minimum Gasteiger partial charge on any atom is -0.502 e. The van der Waals surface area contributed by atoms with Gasteiger partial charge in [-0.2, -0.15) is 0 Å². The SMILES string of the molecule is COc1cc(CNC(C)(CO)CO)cc(OC)c1O. The van der Waals surface area contributed by atoms with Crippen molar-refractivity contribution in [2.75, 3.05) is 27.4 Å². The van der Waals surface area contributed by atoms with E-state index in [0.29, 0.717) is 18.0 Å². The summed E-state index contributed by atoms with van der Waals surface area (Å²) < 4.78 is 10.1. The van der Waals surface area contributed by atoms with Gasteiger partial charge >= 0.3 is 0 Å². The molecule has 0 saturated heterocycles. The van der Waals surface area contributed by atoms with Crippen LogP contribution < -0.4 is 14.8 Å². The molecule has 0 atom stereocenters. The molecule has 1 rings (SSSR count). The van der Waals surface area contributed by atoms with Crippen LogP contribution in [0.25, 0.3) is 0 Å². The first kappa shape index (κ1) is 15.6. The van der Waals surface area contributed by atoms with E-state index >= 15 is 0 Å². The van der Waals surface area contributed by atoms with Gasteiger partial charge < -0.3 is 30.1 Å². The molecule has 0 aliphatic heterocycles. The molecule has 19 heavy (non-hydrogen) atoms. The molecule has 0 amide bonds. The second-order valence-electron chi connectivity index (χ2n) is 4.58. The zero-order valence-corrected chi connectivity index (χ0v) is 11.4. The van der Waals surface area contributed by atoms with Crippen LogP contribution in [0.3, 0.4) is 0 Å². The fourth-order valence-electron chi connectivity index (χ4n) is 1.53. The second kappa shape index (κ2) is 6.60. The standard InChI is InChI=1S/C13H21NO5/c1-13(7-15,8-16)14-6-9-4-10(18-2)12(17)11(5-9)19-3/h4-5,14-17H,6-8H2,1-3H3. The molecule has 0 bridgehead atoms. The maximum atomic E-state index is 9.78. The van der Waals surface area contributed by atoms with E-state index in [1.807, 2.05) is 0 Å². The lowest BCUT2D eigenvalue weighted by molar-refractivity contribution is 0.103. The molecule has 1 aromatic rings. The zero-order valence-electron chi connectivity index (χ0n) is 11.4. The third-order valence-corrected chi connectivity index (χ3v) is 2.96. The van der Waals surface area contributed by atoms with Crippen molar-refractivity contribution in [2.45, 2.75) is 19.0 Å². The quantitative estimate of drug-likeness (QED) is 0.568. The normalized spacial score (nSPS) is 11.4. The number of benzene rings is 1. The van der Waals surface area contributed by atoms with E-state index in [4.69, 9.17) is 9.47 Å².